The van der Waals surface area contributed by atoms with Crippen LogP contribution in [0.1, 0.15) is 0 Å². The molecule has 0 saturated heterocycles. The summed E-state index contributed by atoms with van der Waals surface area (Å²) < 4.78 is 7.97. The number of nitrogens with zero attached hydrogens (tertiary/aromatic N) is 3. The van der Waals surface area contributed by atoms with E-state index in [9.17, 15) is 4.79 Å². The molecule has 24 heavy (non-hydrogen) atoms. The molecule has 0 atom stereocenters. The van der Waals surface area contributed by atoms with Crippen molar-refractivity contribution in [1.29, 1.82) is 0 Å². The van der Waals surface area contributed by atoms with Crippen molar-refractivity contribution >= 4 is 21.4 Å². The van der Waals surface area contributed by atoms with Gasteiger partial charge in [-0.05, 0) is 29.8 Å². The van der Waals surface area contributed by atoms with E-state index in [1.165, 1.54) is 16.0 Å². The summed E-state index contributed by atoms with van der Waals surface area (Å²) >= 11 is 1.46. The van der Waals surface area contributed by atoms with Crippen molar-refractivity contribution in [3.05, 3.63) is 70.6 Å². The molecule has 5 nitrogen and oxygen atoms in total. The molecule has 4 aromatic rings. The highest BCUT2D eigenvalue weighted by molar-refractivity contribution is 7.18. The number of rotatable bonds is 3. The zero-order chi connectivity index (χ0) is 16.5. The first kappa shape index (κ1) is 14.6. The summed E-state index contributed by atoms with van der Waals surface area (Å²) in [6.07, 6.45) is 3.43. The number of para-hydroxylation sites is 1. The largest absolute Gasteiger partial charge is 0.437 e. The molecule has 6 heteroatoms. The van der Waals surface area contributed by atoms with Gasteiger partial charge in [0.05, 0.1) is 5.39 Å². The van der Waals surface area contributed by atoms with Gasteiger partial charge < -0.3 is 4.74 Å². The van der Waals surface area contributed by atoms with Crippen LogP contribution in [-0.4, -0.2) is 14.8 Å². The maximum Gasteiger partial charge on any atom is 0.276 e. The minimum atomic E-state index is -0.140. The molecule has 118 valence electrons. The van der Waals surface area contributed by atoms with E-state index in [1.807, 2.05) is 47.8 Å². The average molecular weight is 335 g/mol. The standard InChI is InChI=1S/C18H13N3O2S/c1-21-18(22)15-14(12-7-9-19-10-8-12)11-24-16(15)17(20-21)23-13-5-3-2-4-6-13/h2-11H,1H3. The number of ether oxygens (including phenoxy) is 1. The molecule has 0 N–H and O–H groups in total. The van der Waals surface area contributed by atoms with Crippen LogP contribution in [0.4, 0.5) is 0 Å². The Hall–Kier alpha value is -2.99. The molecule has 3 heterocycles. The number of benzene rings is 1. The van der Waals surface area contributed by atoms with E-state index < -0.39 is 0 Å². The molecule has 0 aliphatic rings. The zero-order valence-corrected chi connectivity index (χ0v) is 13.7. The van der Waals surface area contributed by atoms with Crippen LogP contribution < -0.4 is 10.3 Å². The number of hydrogen-bond donors (Lipinski definition) is 0. The SMILES string of the molecule is Cn1nc(Oc2ccccc2)c2scc(-c3ccncc3)c2c1=O. The van der Waals surface area contributed by atoms with Crippen LogP contribution in [0.15, 0.2) is 65.0 Å². The summed E-state index contributed by atoms with van der Waals surface area (Å²) in [7, 11) is 1.63. The molecule has 1 aromatic carbocycles. The molecule has 0 spiro atoms. The van der Waals surface area contributed by atoms with Crippen LogP contribution in [0.5, 0.6) is 11.6 Å². The summed E-state index contributed by atoms with van der Waals surface area (Å²) in [5.41, 5.74) is 1.68. The van der Waals surface area contributed by atoms with Gasteiger partial charge in [0.15, 0.2) is 0 Å². The fraction of sp³-hybridized carbons (Fsp3) is 0.0556. The summed E-state index contributed by atoms with van der Waals surface area (Å²) in [5.74, 6) is 1.12. The van der Waals surface area contributed by atoms with Crippen molar-refractivity contribution in [2.45, 2.75) is 0 Å². The van der Waals surface area contributed by atoms with Gasteiger partial charge in [-0.25, -0.2) is 4.68 Å². The van der Waals surface area contributed by atoms with Crippen LogP contribution in [-0.2, 0) is 7.05 Å². The predicted octanol–water partition coefficient (Wildman–Crippen LogP) is 3.85. The number of aromatic nitrogens is 3. The molecule has 0 radical (unpaired) electrons. The second-order valence-corrected chi connectivity index (χ2v) is 6.12. The molecule has 0 aliphatic carbocycles. The highest BCUT2D eigenvalue weighted by atomic mass is 32.1. The van der Waals surface area contributed by atoms with E-state index in [4.69, 9.17) is 4.74 Å². The van der Waals surface area contributed by atoms with Crippen molar-refractivity contribution in [2.75, 3.05) is 0 Å². The molecule has 0 saturated carbocycles. The molecule has 0 fully saturated rings. The maximum atomic E-state index is 12.6. The summed E-state index contributed by atoms with van der Waals surface area (Å²) in [6, 6.07) is 13.2. The van der Waals surface area contributed by atoms with E-state index in [1.54, 1.807) is 19.4 Å². The summed E-state index contributed by atoms with van der Waals surface area (Å²) in [6.45, 7) is 0. The van der Waals surface area contributed by atoms with Crippen molar-refractivity contribution in [1.82, 2.24) is 14.8 Å². The lowest BCUT2D eigenvalue weighted by Gasteiger charge is -2.07. The normalized spacial score (nSPS) is 10.9. The van der Waals surface area contributed by atoms with Crippen LogP contribution in [0.2, 0.25) is 0 Å². The van der Waals surface area contributed by atoms with E-state index in [0.29, 0.717) is 17.0 Å². The fourth-order valence-corrected chi connectivity index (χ4v) is 3.52. The third-order valence-corrected chi connectivity index (χ3v) is 4.65. The van der Waals surface area contributed by atoms with Crippen LogP contribution in [0.25, 0.3) is 21.2 Å². The molecular weight excluding hydrogens is 322 g/mol. The Bertz CT molecular complexity index is 1060. The highest BCUT2D eigenvalue weighted by Gasteiger charge is 2.17. The first-order chi connectivity index (χ1) is 11.7. The molecule has 4 rings (SSSR count). The van der Waals surface area contributed by atoms with Gasteiger partial charge >= 0.3 is 0 Å². The lowest BCUT2D eigenvalue weighted by molar-refractivity contribution is 0.449. The number of thiophene rings is 1. The quantitative estimate of drug-likeness (QED) is 0.571. The van der Waals surface area contributed by atoms with Crippen molar-refractivity contribution in [3.63, 3.8) is 0 Å². The van der Waals surface area contributed by atoms with Gasteiger partial charge in [0.25, 0.3) is 11.4 Å². The second kappa shape index (κ2) is 5.90. The number of pyridine rings is 1. The summed E-state index contributed by atoms with van der Waals surface area (Å²) in [5, 5.41) is 6.86. The highest BCUT2D eigenvalue weighted by Crippen LogP contribution is 2.37. The molecule has 0 amide bonds. The van der Waals surface area contributed by atoms with Gasteiger partial charge in [0.2, 0.25) is 0 Å². The van der Waals surface area contributed by atoms with Crippen molar-refractivity contribution in [3.8, 4) is 22.8 Å². The minimum Gasteiger partial charge on any atom is -0.437 e. The topological polar surface area (TPSA) is 57.0 Å². The van der Waals surface area contributed by atoms with E-state index in [0.717, 1.165) is 15.8 Å². The second-order valence-electron chi connectivity index (χ2n) is 5.24. The predicted molar refractivity (Wildman–Crippen MR) is 94.6 cm³/mol. The first-order valence-electron chi connectivity index (χ1n) is 7.36. The molecular formula is C18H13N3O2S. The summed E-state index contributed by atoms with van der Waals surface area (Å²) in [4.78, 5) is 16.7. The van der Waals surface area contributed by atoms with Gasteiger partial charge in [-0.2, -0.15) is 0 Å². The minimum absolute atomic E-state index is 0.140. The van der Waals surface area contributed by atoms with Crippen LogP contribution >= 0.6 is 11.3 Å². The molecule has 0 unspecified atom stereocenters. The lowest BCUT2D eigenvalue weighted by atomic mass is 10.1. The third-order valence-electron chi connectivity index (χ3n) is 3.68. The van der Waals surface area contributed by atoms with Crippen LogP contribution in [0, 0.1) is 0 Å². The van der Waals surface area contributed by atoms with Crippen LogP contribution in [0.3, 0.4) is 0 Å². The Morgan fingerprint density at radius 1 is 1.08 bits per heavy atom. The number of aryl methyl sites for hydroxylation is 1. The third kappa shape index (κ3) is 2.47. The Labute approximate surface area is 141 Å². The first-order valence-corrected chi connectivity index (χ1v) is 8.24. The number of fused-ring (bicyclic) bond motifs is 1. The Kier molecular flexibility index (Phi) is 3.59. The molecule has 3 aromatic heterocycles. The van der Waals surface area contributed by atoms with Gasteiger partial charge in [-0.15, -0.1) is 16.4 Å². The van der Waals surface area contributed by atoms with Gasteiger partial charge in [0, 0.05) is 30.4 Å². The van der Waals surface area contributed by atoms with Gasteiger partial charge in [0.1, 0.15) is 10.4 Å². The van der Waals surface area contributed by atoms with E-state index in [-0.39, 0.29) is 5.56 Å². The monoisotopic (exact) mass is 335 g/mol. The lowest BCUT2D eigenvalue weighted by Crippen LogP contribution is -2.19. The Morgan fingerprint density at radius 3 is 2.58 bits per heavy atom. The smallest absolute Gasteiger partial charge is 0.276 e. The zero-order valence-electron chi connectivity index (χ0n) is 12.8. The molecule has 0 bridgehead atoms. The van der Waals surface area contributed by atoms with Crippen molar-refractivity contribution < 1.29 is 4.74 Å². The van der Waals surface area contributed by atoms with Gasteiger partial charge in [-0.3, -0.25) is 9.78 Å². The van der Waals surface area contributed by atoms with E-state index in [2.05, 4.69) is 10.1 Å². The van der Waals surface area contributed by atoms with Gasteiger partial charge in [-0.1, -0.05) is 18.2 Å². The number of hydrogen-bond acceptors (Lipinski definition) is 5. The Morgan fingerprint density at radius 2 is 1.83 bits per heavy atom. The Balaban J connectivity index is 1.93. The van der Waals surface area contributed by atoms with Crippen molar-refractivity contribution in [2.24, 2.45) is 7.05 Å². The fourth-order valence-electron chi connectivity index (χ4n) is 2.53. The average Bonchev–Trinajstić information content (AvgIpc) is 3.07. The molecule has 0 aliphatic heterocycles. The maximum absolute atomic E-state index is 12.6. The van der Waals surface area contributed by atoms with E-state index >= 15 is 0 Å².